The molecule has 0 aromatic heterocycles. The fourth-order valence-corrected chi connectivity index (χ4v) is 1.36. The van der Waals surface area contributed by atoms with Gasteiger partial charge in [-0.05, 0) is 24.1 Å². The average Bonchev–Trinajstić information content (AvgIpc) is 2.27. The molecule has 0 spiro atoms. The summed E-state index contributed by atoms with van der Waals surface area (Å²) in [7, 11) is 2.90. The molecular weight excluding hydrogens is 210 g/mol. The molecule has 3 N–H and O–H groups in total. The smallest absolute Gasteiger partial charge is 0.217 e. The summed E-state index contributed by atoms with van der Waals surface area (Å²) in [5, 5.41) is 9.65. The van der Waals surface area contributed by atoms with Crippen molar-refractivity contribution in [3.8, 4) is 17.2 Å². The highest BCUT2D eigenvalue weighted by molar-refractivity contribution is 5.74. The predicted octanol–water partition coefficient (Wildman–Crippen LogP) is 0.827. The normalized spacial score (nSPS) is 9.88. The third-order valence-corrected chi connectivity index (χ3v) is 2.20. The van der Waals surface area contributed by atoms with Gasteiger partial charge in [0.2, 0.25) is 11.7 Å². The minimum Gasteiger partial charge on any atom is -0.502 e. The van der Waals surface area contributed by atoms with Gasteiger partial charge in [0.15, 0.2) is 11.5 Å². The quantitative estimate of drug-likeness (QED) is 0.777. The van der Waals surface area contributed by atoms with Crippen molar-refractivity contribution in [1.29, 1.82) is 0 Å². The number of benzene rings is 1. The maximum atomic E-state index is 10.7. The molecule has 0 saturated heterocycles. The van der Waals surface area contributed by atoms with Crippen molar-refractivity contribution in [2.24, 2.45) is 5.73 Å². The topological polar surface area (TPSA) is 81.8 Å². The first-order valence-electron chi connectivity index (χ1n) is 4.80. The number of carbonyl (C=O) groups excluding carboxylic acids is 1. The Morgan fingerprint density at radius 1 is 1.31 bits per heavy atom. The number of nitrogens with two attached hydrogens (primary N) is 1. The Bertz CT molecular complexity index is 365. The van der Waals surface area contributed by atoms with Crippen molar-refractivity contribution < 1.29 is 19.4 Å². The number of phenolic OH excluding ortho intramolecular Hbond substituents is 1. The van der Waals surface area contributed by atoms with Crippen LogP contribution in [-0.2, 0) is 11.2 Å². The molecule has 0 aliphatic carbocycles. The summed E-state index contributed by atoms with van der Waals surface area (Å²) >= 11 is 0. The largest absolute Gasteiger partial charge is 0.502 e. The molecule has 16 heavy (non-hydrogen) atoms. The molecule has 0 heterocycles. The maximum Gasteiger partial charge on any atom is 0.217 e. The molecule has 1 rings (SSSR count). The zero-order chi connectivity index (χ0) is 12.1. The Kier molecular flexibility index (Phi) is 3.99. The lowest BCUT2D eigenvalue weighted by Crippen LogP contribution is -2.11. The zero-order valence-electron chi connectivity index (χ0n) is 9.32. The van der Waals surface area contributed by atoms with Gasteiger partial charge >= 0.3 is 0 Å². The molecular formula is C11H15NO4. The van der Waals surface area contributed by atoms with Gasteiger partial charge in [-0.15, -0.1) is 0 Å². The summed E-state index contributed by atoms with van der Waals surface area (Å²) in [6, 6.07) is 3.31. The highest BCUT2D eigenvalue weighted by Gasteiger charge is 2.11. The fraction of sp³-hybridized carbons (Fsp3) is 0.364. The molecule has 0 aliphatic rings. The molecule has 0 atom stereocenters. The molecule has 88 valence electrons. The van der Waals surface area contributed by atoms with E-state index in [0.717, 1.165) is 5.56 Å². The Hall–Kier alpha value is -1.91. The predicted molar refractivity (Wildman–Crippen MR) is 58.7 cm³/mol. The van der Waals surface area contributed by atoms with Gasteiger partial charge in [0.05, 0.1) is 14.2 Å². The molecule has 0 radical (unpaired) electrons. The number of amides is 1. The number of ether oxygens (including phenoxy) is 2. The summed E-state index contributed by atoms with van der Waals surface area (Å²) in [6.07, 6.45) is 0.736. The lowest BCUT2D eigenvalue weighted by Gasteiger charge is -2.10. The summed E-state index contributed by atoms with van der Waals surface area (Å²) < 4.78 is 9.98. The van der Waals surface area contributed by atoms with E-state index in [-0.39, 0.29) is 18.1 Å². The maximum absolute atomic E-state index is 10.7. The number of aromatic hydroxyl groups is 1. The number of rotatable bonds is 5. The number of primary amides is 1. The van der Waals surface area contributed by atoms with E-state index in [2.05, 4.69) is 0 Å². The lowest BCUT2D eigenvalue weighted by molar-refractivity contribution is -0.117. The lowest BCUT2D eigenvalue weighted by atomic mass is 10.1. The Morgan fingerprint density at radius 2 is 1.81 bits per heavy atom. The molecule has 5 nitrogen and oxygen atoms in total. The first-order chi connectivity index (χ1) is 7.58. The van der Waals surface area contributed by atoms with E-state index < -0.39 is 0 Å². The van der Waals surface area contributed by atoms with Crippen molar-refractivity contribution in [3.05, 3.63) is 17.7 Å². The van der Waals surface area contributed by atoms with Crippen LogP contribution in [0.2, 0.25) is 0 Å². The van der Waals surface area contributed by atoms with Crippen molar-refractivity contribution in [2.45, 2.75) is 12.8 Å². The van der Waals surface area contributed by atoms with Crippen molar-refractivity contribution in [2.75, 3.05) is 14.2 Å². The van der Waals surface area contributed by atoms with E-state index in [4.69, 9.17) is 15.2 Å². The van der Waals surface area contributed by atoms with Crippen molar-refractivity contribution in [3.63, 3.8) is 0 Å². The van der Waals surface area contributed by atoms with E-state index in [1.807, 2.05) is 0 Å². The minimum atomic E-state index is -0.369. The van der Waals surface area contributed by atoms with Gasteiger partial charge in [-0.1, -0.05) is 0 Å². The monoisotopic (exact) mass is 225 g/mol. The van der Waals surface area contributed by atoms with Crippen LogP contribution in [0.3, 0.4) is 0 Å². The van der Waals surface area contributed by atoms with Gasteiger partial charge in [-0.2, -0.15) is 0 Å². The van der Waals surface area contributed by atoms with Gasteiger partial charge in [0, 0.05) is 6.42 Å². The van der Waals surface area contributed by atoms with Crippen LogP contribution in [0.5, 0.6) is 17.2 Å². The molecule has 0 bridgehead atoms. The summed E-state index contributed by atoms with van der Waals surface area (Å²) in [5.41, 5.74) is 5.88. The number of phenols is 1. The molecule has 1 aromatic rings. The van der Waals surface area contributed by atoms with Crippen LogP contribution in [0.1, 0.15) is 12.0 Å². The van der Waals surface area contributed by atoms with Crippen molar-refractivity contribution >= 4 is 5.91 Å². The van der Waals surface area contributed by atoms with E-state index in [0.29, 0.717) is 17.9 Å². The van der Waals surface area contributed by atoms with E-state index in [1.165, 1.54) is 14.2 Å². The second-order valence-electron chi connectivity index (χ2n) is 3.32. The van der Waals surface area contributed by atoms with Crippen LogP contribution in [0.15, 0.2) is 12.1 Å². The number of hydrogen-bond acceptors (Lipinski definition) is 4. The van der Waals surface area contributed by atoms with Gasteiger partial charge < -0.3 is 20.3 Å². The molecule has 0 aliphatic heterocycles. The first-order valence-corrected chi connectivity index (χ1v) is 4.80. The molecule has 1 aromatic carbocycles. The van der Waals surface area contributed by atoms with E-state index >= 15 is 0 Å². The Morgan fingerprint density at radius 3 is 2.19 bits per heavy atom. The Labute approximate surface area is 93.8 Å². The van der Waals surface area contributed by atoms with E-state index in [1.54, 1.807) is 12.1 Å². The average molecular weight is 225 g/mol. The molecule has 0 fully saturated rings. The standard InChI is InChI=1S/C11H15NO4/c1-15-8-5-7(3-4-10(12)13)6-9(16-2)11(8)14/h5-6,14H,3-4H2,1-2H3,(H2,12,13). The Balaban J connectivity index is 2.97. The van der Waals surface area contributed by atoms with Gasteiger partial charge in [-0.25, -0.2) is 0 Å². The van der Waals surface area contributed by atoms with Crippen LogP contribution in [0, 0.1) is 0 Å². The summed E-state index contributed by atoms with van der Waals surface area (Å²) in [6.45, 7) is 0. The first kappa shape index (κ1) is 12.2. The molecule has 1 amide bonds. The molecule has 5 heteroatoms. The highest BCUT2D eigenvalue weighted by atomic mass is 16.5. The van der Waals surface area contributed by atoms with Crippen molar-refractivity contribution in [1.82, 2.24) is 0 Å². The number of hydrogen-bond donors (Lipinski definition) is 2. The second kappa shape index (κ2) is 5.25. The van der Waals surface area contributed by atoms with Crippen LogP contribution >= 0.6 is 0 Å². The minimum absolute atomic E-state index is 0.0483. The second-order valence-corrected chi connectivity index (χ2v) is 3.32. The van der Waals surface area contributed by atoms with Crippen LogP contribution in [0.4, 0.5) is 0 Å². The van der Waals surface area contributed by atoms with Crippen LogP contribution in [0.25, 0.3) is 0 Å². The van der Waals surface area contributed by atoms with Gasteiger partial charge in [0.25, 0.3) is 0 Å². The fourth-order valence-electron chi connectivity index (χ4n) is 1.36. The third-order valence-electron chi connectivity index (χ3n) is 2.20. The number of aryl methyl sites for hydroxylation is 1. The third kappa shape index (κ3) is 2.79. The summed E-state index contributed by atoms with van der Waals surface area (Å²) in [4.78, 5) is 10.7. The van der Waals surface area contributed by atoms with Gasteiger partial charge in [-0.3, -0.25) is 4.79 Å². The highest BCUT2D eigenvalue weighted by Crippen LogP contribution is 2.37. The summed E-state index contributed by atoms with van der Waals surface area (Å²) in [5.74, 6) is 0.219. The molecule has 0 unspecified atom stereocenters. The van der Waals surface area contributed by atoms with E-state index in [9.17, 15) is 9.90 Å². The van der Waals surface area contributed by atoms with Gasteiger partial charge in [0.1, 0.15) is 0 Å². The SMILES string of the molecule is COc1cc(CCC(N)=O)cc(OC)c1O. The van der Waals surface area contributed by atoms with Crippen LogP contribution in [-0.4, -0.2) is 25.2 Å². The molecule has 0 saturated carbocycles. The zero-order valence-corrected chi connectivity index (χ0v) is 9.32. The number of methoxy groups -OCH3 is 2. The number of carbonyl (C=O) groups is 1. The van der Waals surface area contributed by atoms with Crippen LogP contribution < -0.4 is 15.2 Å².